The number of nitrogens with one attached hydrogen (secondary N) is 1. The molecule has 3 aromatic rings. The van der Waals surface area contributed by atoms with Crippen LogP contribution in [0.5, 0.6) is 0 Å². The van der Waals surface area contributed by atoms with Crippen LogP contribution in [0.1, 0.15) is 29.8 Å². The molecule has 1 amide bonds. The van der Waals surface area contributed by atoms with Gasteiger partial charge in [0.05, 0.1) is 11.3 Å². The van der Waals surface area contributed by atoms with E-state index < -0.39 is 0 Å². The number of carbonyl (C=O) groups is 1. The number of hydrogen-bond acceptors (Lipinski definition) is 4. The minimum atomic E-state index is -0.0518. The fraction of sp³-hybridized carbons (Fsp3) is 0.211. The number of aromatic nitrogens is 3. The molecule has 0 unspecified atom stereocenters. The second-order valence-corrected chi connectivity index (χ2v) is 7.47. The predicted molar refractivity (Wildman–Crippen MR) is 100.0 cm³/mol. The first kappa shape index (κ1) is 17.2. The van der Waals surface area contributed by atoms with Crippen LogP contribution in [0.25, 0.3) is 5.69 Å². The zero-order valence-electron chi connectivity index (χ0n) is 14.2. The summed E-state index contributed by atoms with van der Waals surface area (Å²) in [6.45, 7) is 4.73. The van der Waals surface area contributed by atoms with Crippen molar-refractivity contribution in [2.45, 2.75) is 30.5 Å². The molecule has 1 aromatic heterocycles. The molecule has 0 atom stereocenters. The number of benzene rings is 2. The Kier molecular flexibility index (Phi) is 5.50. The second-order valence-electron chi connectivity index (χ2n) is 5.85. The van der Waals surface area contributed by atoms with E-state index in [1.54, 1.807) is 22.8 Å². The first-order chi connectivity index (χ1) is 12.1. The Morgan fingerprint density at radius 1 is 1.16 bits per heavy atom. The molecule has 128 valence electrons. The van der Waals surface area contributed by atoms with E-state index in [-0.39, 0.29) is 5.91 Å². The predicted octanol–water partition coefficient (Wildman–Crippen LogP) is 3.70. The summed E-state index contributed by atoms with van der Waals surface area (Å²) >= 11 is 1.70. The molecule has 0 aliphatic rings. The maximum absolute atomic E-state index is 12.5. The van der Waals surface area contributed by atoms with Crippen LogP contribution in [-0.2, 0) is 6.54 Å². The topological polar surface area (TPSA) is 59.8 Å². The van der Waals surface area contributed by atoms with Gasteiger partial charge in [-0.05, 0) is 29.8 Å². The van der Waals surface area contributed by atoms with Crippen molar-refractivity contribution in [3.05, 3.63) is 72.3 Å². The van der Waals surface area contributed by atoms with Crippen LogP contribution >= 0.6 is 11.8 Å². The van der Waals surface area contributed by atoms with Gasteiger partial charge >= 0.3 is 0 Å². The third-order valence-corrected chi connectivity index (χ3v) is 4.65. The van der Waals surface area contributed by atoms with Crippen molar-refractivity contribution in [1.29, 1.82) is 0 Å². The minimum Gasteiger partial charge on any atom is -0.348 e. The molecule has 1 heterocycles. The van der Waals surface area contributed by atoms with Crippen LogP contribution in [0.4, 0.5) is 0 Å². The summed E-state index contributed by atoms with van der Waals surface area (Å²) in [5, 5.41) is 7.52. The van der Waals surface area contributed by atoms with Gasteiger partial charge in [0, 0.05) is 16.7 Å². The Labute approximate surface area is 151 Å². The van der Waals surface area contributed by atoms with E-state index in [0.717, 1.165) is 21.7 Å². The molecule has 0 spiro atoms. The number of hydrogen-bond donors (Lipinski definition) is 1. The normalized spacial score (nSPS) is 10.8. The van der Waals surface area contributed by atoms with Gasteiger partial charge in [-0.3, -0.25) is 4.79 Å². The molecule has 1 N–H and O–H groups in total. The number of thioether (sulfide) groups is 1. The average Bonchev–Trinajstić information content (AvgIpc) is 3.15. The zero-order valence-corrected chi connectivity index (χ0v) is 15.0. The standard InChI is InChI=1S/C19H20N4OS/c1-14(2)25-18-6-4-3-5-17(18)19(24)21-11-15-7-9-16(10-8-15)23-13-20-12-22-23/h3-10,12-14H,11H2,1-2H3,(H,21,24). The highest BCUT2D eigenvalue weighted by Gasteiger charge is 2.12. The molecule has 0 fully saturated rings. The van der Waals surface area contributed by atoms with Crippen LogP contribution in [-0.4, -0.2) is 25.9 Å². The minimum absolute atomic E-state index is 0.0518. The van der Waals surface area contributed by atoms with Crippen LogP contribution in [0.15, 0.2) is 66.1 Å². The number of carbonyl (C=O) groups excluding carboxylic acids is 1. The molecule has 6 heteroatoms. The van der Waals surface area contributed by atoms with E-state index in [1.807, 2.05) is 48.5 Å². The van der Waals surface area contributed by atoms with E-state index in [4.69, 9.17) is 0 Å². The quantitative estimate of drug-likeness (QED) is 0.687. The van der Waals surface area contributed by atoms with Crippen molar-refractivity contribution in [3.8, 4) is 5.69 Å². The van der Waals surface area contributed by atoms with Gasteiger partial charge in [0.1, 0.15) is 12.7 Å². The smallest absolute Gasteiger partial charge is 0.252 e. The van der Waals surface area contributed by atoms with Gasteiger partial charge < -0.3 is 5.32 Å². The highest BCUT2D eigenvalue weighted by atomic mass is 32.2. The lowest BCUT2D eigenvalue weighted by molar-refractivity contribution is 0.0948. The maximum Gasteiger partial charge on any atom is 0.252 e. The summed E-state index contributed by atoms with van der Waals surface area (Å²) in [7, 11) is 0. The van der Waals surface area contributed by atoms with E-state index in [2.05, 4.69) is 29.2 Å². The Morgan fingerprint density at radius 2 is 1.92 bits per heavy atom. The lowest BCUT2D eigenvalue weighted by Crippen LogP contribution is -2.23. The number of amides is 1. The molecule has 0 aliphatic carbocycles. The van der Waals surface area contributed by atoms with Crippen molar-refractivity contribution in [1.82, 2.24) is 20.1 Å². The Bertz CT molecular complexity index is 829. The molecule has 0 saturated heterocycles. The fourth-order valence-electron chi connectivity index (χ4n) is 2.40. The van der Waals surface area contributed by atoms with E-state index >= 15 is 0 Å². The molecular formula is C19H20N4OS. The van der Waals surface area contributed by atoms with E-state index in [9.17, 15) is 4.79 Å². The summed E-state index contributed by atoms with van der Waals surface area (Å²) in [5.41, 5.74) is 2.69. The average molecular weight is 352 g/mol. The summed E-state index contributed by atoms with van der Waals surface area (Å²) in [4.78, 5) is 17.5. The first-order valence-electron chi connectivity index (χ1n) is 8.11. The Balaban J connectivity index is 1.65. The third kappa shape index (κ3) is 4.48. The summed E-state index contributed by atoms with van der Waals surface area (Å²) in [6.07, 6.45) is 3.15. The Hall–Kier alpha value is -2.60. The lowest BCUT2D eigenvalue weighted by atomic mass is 10.2. The van der Waals surface area contributed by atoms with Crippen molar-refractivity contribution < 1.29 is 4.79 Å². The summed E-state index contributed by atoms with van der Waals surface area (Å²) in [6, 6.07) is 15.6. The Morgan fingerprint density at radius 3 is 2.60 bits per heavy atom. The number of nitrogens with zero attached hydrogens (tertiary/aromatic N) is 3. The first-order valence-corrected chi connectivity index (χ1v) is 8.99. The van der Waals surface area contributed by atoms with Crippen LogP contribution < -0.4 is 5.32 Å². The summed E-state index contributed by atoms with van der Waals surface area (Å²) < 4.78 is 1.70. The third-order valence-electron chi connectivity index (χ3n) is 3.57. The summed E-state index contributed by atoms with van der Waals surface area (Å²) in [5.74, 6) is -0.0518. The van der Waals surface area contributed by atoms with Crippen LogP contribution in [0, 0.1) is 0 Å². The zero-order chi connectivity index (χ0) is 17.6. The second kappa shape index (κ2) is 7.98. The monoisotopic (exact) mass is 352 g/mol. The van der Waals surface area contributed by atoms with Gasteiger partial charge in [0.15, 0.2) is 0 Å². The van der Waals surface area contributed by atoms with Gasteiger partial charge in [-0.25, -0.2) is 9.67 Å². The molecule has 0 aliphatic heterocycles. The molecule has 0 bridgehead atoms. The van der Waals surface area contributed by atoms with Crippen LogP contribution in [0.3, 0.4) is 0 Å². The molecule has 0 radical (unpaired) electrons. The highest BCUT2D eigenvalue weighted by molar-refractivity contribution is 8.00. The highest BCUT2D eigenvalue weighted by Crippen LogP contribution is 2.26. The van der Waals surface area contributed by atoms with Crippen molar-refractivity contribution in [3.63, 3.8) is 0 Å². The van der Waals surface area contributed by atoms with Crippen molar-refractivity contribution in [2.24, 2.45) is 0 Å². The fourth-order valence-corrected chi connectivity index (χ4v) is 3.35. The molecule has 2 aromatic carbocycles. The van der Waals surface area contributed by atoms with Crippen molar-refractivity contribution >= 4 is 17.7 Å². The van der Waals surface area contributed by atoms with Gasteiger partial charge in [-0.15, -0.1) is 11.8 Å². The van der Waals surface area contributed by atoms with Crippen molar-refractivity contribution in [2.75, 3.05) is 0 Å². The molecule has 3 rings (SSSR count). The van der Waals surface area contributed by atoms with Gasteiger partial charge in [0.25, 0.3) is 5.91 Å². The molecule has 25 heavy (non-hydrogen) atoms. The largest absolute Gasteiger partial charge is 0.348 e. The number of rotatable bonds is 6. The maximum atomic E-state index is 12.5. The van der Waals surface area contributed by atoms with Gasteiger partial charge in [0.2, 0.25) is 0 Å². The SMILES string of the molecule is CC(C)Sc1ccccc1C(=O)NCc1ccc(-n2cncn2)cc1. The molecule has 0 saturated carbocycles. The van der Waals surface area contributed by atoms with Gasteiger partial charge in [-0.2, -0.15) is 5.10 Å². The van der Waals surface area contributed by atoms with E-state index in [0.29, 0.717) is 11.8 Å². The lowest BCUT2D eigenvalue weighted by Gasteiger charge is -2.11. The molecular weight excluding hydrogens is 332 g/mol. The van der Waals surface area contributed by atoms with E-state index in [1.165, 1.54) is 6.33 Å². The van der Waals surface area contributed by atoms with Gasteiger partial charge in [-0.1, -0.05) is 38.1 Å². The van der Waals surface area contributed by atoms with Crippen LogP contribution in [0.2, 0.25) is 0 Å². The molecule has 5 nitrogen and oxygen atoms in total.